The monoisotopic (exact) mass is 414 g/mol. The number of pyridine rings is 2. The van der Waals surface area contributed by atoms with Crippen molar-refractivity contribution in [1.82, 2.24) is 20.6 Å². The van der Waals surface area contributed by atoms with Gasteiger partial charge in [0.2, 0.25) is 0 Å². The summed E-state index contributed by atoms with van der Waals surface area (Å²) in [6.45, 7) is 12.5. The molecule has 5 heteroatoms. The number of nitrogens with zero attached hydrogens (tertiary/aromatic N) is 2. The largest absolute Gasteiger partial charge is 0.391 e. The number of nitrogens with one attached hydrogen (secondary N) is 2. The molecule has 0 fully saturated rings. The molecule has 0 unspecified atom stereocenters. The van der Waals surface area contributed by atoms with Gasteiger partial charge in [-0.15, -0.1) is 0 Å². The van der Waals surface area contributed by atoms with Gasteiger partial charge in [0.15, 0.2) is 0 Å². The van der Waals surface area contributed by atoms with Crippen molar-refractivity contribution < 1.29 is 4.79 Å². The predicted octanol–water partition coefficient (Wildman–Crippen LogP) is 4.38. The molecular weight excluding hydrogens is 384 g/mol. The highest BCUT2D eigenvalue weighted by Gasteiger charge is 2.10. The molecule has 0 spiro atoms. The first-order chi connectivity index (χ1) is 14.8. The van der Waals surface area contributed by atoms with E-state index in [1.54, 1.807) is 0 Å². The molecule has 0 saturated heterocycles. The maximum Gasteiger partial charge on any atom is 0.251 e. The van der Waals surface area contributed by atoms with Gasteiger partial charge in [-0.25, -0.2) is 0 Å². The number of aryl methyl sites for hydroxylation is 4. The van der Waals surface area contributed by atoms with E-state index >= 15 is 0 Å². The van der Waals surface area contributed by atoms with Crippen molar-refractivity contribution in [2.24, 2.45) is 0 Å². The first kappa shape index (κ1) is 22.2. The van der Waals surface area contributed by atoms with Gasteiger partial charge in [-0.05, 0) is 80.3 Å². The van der Waals surface area contributed by atoms with Gasteiger partial charge >= 0.3 is 0 Å². The highest BCUT2D eigenvalue weighted by molar-refractivity contribution is 5.95. The van der Waals surface area contributed by atoms with E-state index in [9.17, 15) is 4.79 Å². The fraction of sp³-hybridized carbons (Fsp3) is 0.269. The molecular formula is C26H30N4O. The lowest BCUT2D eigenvalue weighted by atomic mass is 10.0. The Kier molecular flexibility index (Phi) is 6.85. The number of fused-ring (bicyclic) bond motifs is 1. The molecule has 3 aromatic rings. The Labute approximate surface area is 184 Å². The third kappa shape index (κ3) is 5.37. The van der Waals surface area contributed by atoms with Gasteiger partial charge < -0.3 is 10.6 Å². The van der Waals surface area contributed by atoms with E-state index in [0.29, 0.717) is 18.5 Å². The van der Waals surface area contributed by atoms with E-state index < -0.39 is 0 Å². The number of amides is 1. The van der Waals surface area contributed by atoms with E-state index in [1.807, 2.05) is 58.3 Å². The Bertz CT molecular complexity index is 1150. The SMILES string of the molecule is C=C(/C=C(/Cc1ccc2nccc(C)c2c1)NC)C(=O)NCc1c(C)cc(C)nc1C. The number of carbonyl (C=O) groups excluding carboxylic acids is 1. The van der Waals surface area contributed by atoms with Crippen LogP contribution in [0.5, 0.6) is 0 Å². The number of aromatic nitrogens is 2. The Balaban J connectivity index is 1.70. The van der Waals surface area contributed by atoms with Gasteiger partial charge in [0.1, 0.15) is 0 Å². The van der Waals surface area contributed by atoms with E-state index in [4.69, 9.17) is 0 Å². The molecule has 0 saturated carbocycles. The first-order valence-electron chi connectivity index (χ1n) is 10.4. The minimum absolute atomic E-state index is 0.189. The summed E-state index contributed by atoms with van der Waals surface area (Å²) in [6.07, 6.45) is 4.31. The third-order valence-corrected chi connectivity index (χ3v) is 5.49. The molecule has 2 aromatic heterocycles. The van der Waals surface area contributed by atoms with Crippen LogP contribution >= 0.6 is 0 Å². The van der Waals surface area contributed by atoms with Gasteiger partial charge in [0.05, 0.1) is 5.52 Å². The minimum atomic E-state index is -0.189. The van der Waals surface area contributed by atoms with Gasteiger partial charge in [0, 0.05) is 54.3 Å². The third-order valence-electron chi connectivity index (χ3n) is 5.49. The van der Waals surface area contributed by atoms with E-state index in [1.165, 1.54) is 5.56 Å². The summed E-state index contributed by atoms with van der Waals surface area (Å²) in [5.74, 6) is -0.189. The molecule has 0 atom stereocenters. The average molecular weight is 415 g/mol. The molecule has 2 N–H and O–H groups in total. The van der Waals surface area contributed by atoms with Crippen LogP contribution in [0.15, 0.2) is 60.5 Å². The second kappa shape index (κ2) is 9.56. The smallest absolute Gasteiger partial charge is 0.251 e. The highest BCUT2D eigenvalue weighted by Crippen LogP contribution is 2.19. The van der Waals surface area contributed by atoms with Crippen LogP contribution in [-0.4, -0.2) is 22.9 Å². The van der Waals surface area contributed by atoms with E-state index in [2.05, 4.69) is 46.2 Å². The number of rotatable bonds is 7. The Morgan fingerprint density at radius 1 is 1.10 bits per heavy atom. The Morgan fingerprint density at radius 3 is 2.58 bits per heavy atom. The molecule has 0 bridgehead atoms. The summed E-state index contributed by atoms with van der Waals surface area (Å²) in [5.41, 5.74) is 8.76. The van der Waals surface area contributed by atoms with Gasteiger partial charge in [-0.2, -0.15) is 0 Å². The molecule has 1 aromatic carbocycles. The van der Waals surface area contributed by atoms with Gasteiger partial charge in [0.25, 0.3) is 5.91 Å². The fourth-order valence-corrected chi connectivity index (χ4v) is 3.75. The molecule has 31 heavy (non-hydrogen) atoms. The van der Waals surface area contributed by atoms with Crippen molar-refractivity contribution in [2.75, 3.05) is 7.05 Å². The topological polar surface area (TPSA) is 66.9 Å². The predicted molar refractivity (Wildman–Crippen MR) is 127 cm³/mol. The van der Waals surface area contributed by atoms with Crippen LogP contribution in [-0.2, 0) is 17.8 Å². The molecule has 1 amide bonds. The summed E-state index contributed by atoms with van der Waals surface area (Å²) in [4.78, 5) is 21.5. The fourth-order valence-electron chi connectivity index (χ4n) is 3.75. The molecule has 160 valence electrons. The van der Waals surface area contributed by atoms with Crippen LogP contribution < -0.4 is 10.6 Å². The van der Waals surface area contributed by atoms with E-state index in [0.717, 1.165) is 44.7 Å². The summed E-state index contributed by atoms with van der Waals surface area (Å²) in [7, 11) is 1.86. The number of benzene rings is 1. The maximum atomic E-state index is 12.6. The lowest BCUT2D eigenvalue weighted by Crippen LogP contribution is -2.25. The Hall–Kier alpha value is -3.47. The standard InChI is InChI=1S/C26H30N4O/c1-16-9-10-28-25-8-7-21(14-23(16)25)13-22(27-6)12-18(3)26(31)29-15-24-17(2)11-19(4)30-20(24)5/h7-12,14,27H,3,13,15H2,1-2,4-6H3,(H,29,31)/b22-12-. The summed E-state index contributed by atoms with van der Waals surface area (Å²) < 4.78 is 0. The van der Waals surface area contributed by atoms with E-state index in [-0.39, 0.29) is 5.91 Å². The van der Waals surface area contributed by atoms with Crippen LogP contribution in [0.2, 0.25) is 0 Å². The molecule has 0 aliphatic carbocycles. The van der Waals surface area contributed by atoms with Gasteiger partial charge in [-0.1, -0.05) is 12.6 Å². The second-order valence-electron chi connectivity index (χ2n) is 7.93. The molecule has 0 aliphatic rings. The normalized spacial score (nSPS) is 11.5. The van der Waals surface area contributed by atoms with Crippen LogP contribution in [0.1, 0.15) is 33.6 Å². The minimum Gasteiger partial charge on any atom is -0.391 e. The second-order valence-corrected chi connectivity index (χ2v) is 7.93. The molecule has 0 aliphatic heterocycles. The molecule has 3 rings (SSSR count). The van der Waals surface area contributed by atoms with Crippen LogP contribution in [0, 0.1) is 27.7 Å². The van der Waals surface area contributed by atoms with Crippen molar-refractivity contribution >= 4 is 16.8 Å². The lowest BCUT2D eigenvalue weighted by molar-refractivity contribution is -0.117. The maximum absolute atomic E-state index is 12.6. The summed E-state index contributed by atoms with van der Waals surface area (Å²) in [5, 5.41) is 7.30. The van der Waals surface area contributed by atoms with Crippen molar-refractivity contribution in [3.63, 3.8) is 0 Å². The van der Waals surface area contributed by atoms with Crippen LogP contribution in [0.3, 0.4) is 0 Å². The number of allylic oxidation sites excluding steroid dienone is 1. The lowest BCUT2D eigenvalue weighted by Gasteiger charge is -2.13. The van der Waals surface area contributed by atoms with Crippen molar-refractivity contribution in [3.8, 4) is 0 Å². The summed E-state index contributed by atoms with van der Waals surface area (Å²) in [6, 6.07) is 10.3. The zero-order chi connectivity index (χ0) is 22.5. The number of carbonyl (C=O) groups is 1. The highest BCUT2D eigenvalue weighted by atomic mass is 16.1. The number of likely N-dealkylation sites (N-methyl/N-ethyl adjacent to an activating group) is 1. The zero-order valence-electron chi connectivity index (χ0n) is 19.0. The zero-order valence-corrected chi connectivity index (χ0v) is 19.0. The first-order valence-corrected chi connectivity index (χ1v) is 10.4. The van der Waals surface area contributed by atoms with Crippen LogP contribution in [0.25, 0.3) is 10.9 Å². The average Bonchev–Trinajstić information content (AvgIpc) is 2.72. The van der Waals surface area contributed by atoms with Crippen molar-refractivity contribution in [1.29, 1.82) is 0 Å². The molecule has 0 radical (unpaired) electrons. The quantitative estimate of drug-likeness (QED) is 0.445. The Morgan fingerprint density at radius 2 is 1.87 bits per heavy atom. The number of hydrogen-bond acceptors (Lipinski definition) is 4. The molecule has 5 nitrogen and oxygen atoms in total. The van der Waals surface area contributed by atoms with Crippen molar-refractivity contribution in [2.45, 2.75) is 40.7 Å². The van der Waals surface area contributed by atoms with Crippen molar-refractivity contribution in [3.05, 3.63) is 94.1 Å². The van der Waals surface area contributed by atoms with Gasteiger partial charge in [-0.3, -0.25) is 14.8 Å². The molecule has 2 heterocycles. The van der Waals surface area contributed by atoms with Crippen LogP contribution in [0.4, 0.5) is 0 Å². The summed E-state index contributed by atoms with van der Waals surface area (Å²) >= 11 is 0. The number of hydrogen-bond donors (Lipinski definition) is 2.